The van der Waals surface area contributed by atoms with Crippen LogP contribution in [-0.4, -0.2) is 39.5 Å². The van der Waals surface area contributed by atoms with Crippen LogP contribution in [0.25, 0.3) is 5.69 Å². The number of benzene rings is 2. The number of hydrogen-bond acceptors (Lipinski definition) is 5. The van der Waals surface area contributed by atoms with E-state index in [0.29, 0.717) is 22.9 Å². The second-order valence-corrected chi connectivity index (χ2v) is 8.18. The van der Waals surface area contributed by atoms with E-state index in [9.17, 15) is 14.4 Å². The predicted molar refractivity (Wildman–Crippen MR) is 121 cm³/mol. The number of nitrogens with zero attached hydrogens (tertiary/aromatic N) is 3. The average molecular weight is 455 g/mol. The number of rotatable bonds is 6. The maximum absolute atomic E-state index is 13.2. The van der Waals surface area contributed by atoms with Gasteiger partial charge in [-0.15, -0.1) is 0 Å². The molecule has 9 heteroatoms. The molecule has 1 aliphatic rings. The molecule has 1 amide bonds. The number of aryl methyl sites for hydroxylation is 1. The summed E-state index contributed by atoms with van der Waals surface area (Å²) in [5.74, 6) is -0.647. The Labute approximate surface area is 189 Å². The van der Waals surface area contributed by atoms with Crippen molar-refractivity contribution in [2.45, 2.75) is 32.4 Å². The zero-order valence-electron chi connectivity index (χ0n) is 17.6. The van der Waals surface area contributed by atoms with Crippen molar-refractivity contribution in [2.75, 3.05) is 13.2 Å². The van der Waals surface area contributed by atoms with Crippen LogP contribution in [0.1, 0.15) is 34.5 Å². The average Bonchev–Trinajstić information content (AvgIpc) is 3.29. The van der Waals surface area contributed by atoms with Gasteiger partial charge in [-0.05, 0) is 55.2 Å². The summed E-state index contributed by atoms with van der Waals surface area (Å²) in [6.45, 7) is 2.77. The second kappa shape index (κ2) is 9.50. The quantitative estimate of drug-likeness (QED) is 0.616. The van der Waals surface area contributed by atoms with E-state index in [1.165, 1.54) is 0 Å². The van der Waals surface area contributed by atoms with Gasteiger partial charge in [-0.3, -0.25) is 14.2 Å². The van der Waals surface area contributed by atoms with Gasteiger partial charge in [-0.2, -0.15) is 9.78 Å². The lowest BCUT2D eigenvalue weighted by Crippen LogP contribution is -2.46. The first-order valence-electron chi connectivity index (χ1n) is 10.4. The molecular formula is C23H23ClN4O4. The molecule has 0 spiro atoms. The normalized spacial score (nSPS) is 15.6. The molecule has 1 atom stereocenters. The maximum Gasteiger partial charge on any atom is 0.352 e. The third-order valence-electron chi connectivity index (χ3n) is 5.27. The van der Waals surface area contributed by atoms with E-state index in [2.05, 4.69) is 10.4 Å². The molecule has 1 saturated heterocycles. The topological polar surface area (TPSA) is 95.2 Å². The van der Waals surface area contributed by atoms with E-state index in [-0.39, 0.29) is 24.9 Å². The lowest BCUT2D eigenvalue weighted by molar-refractivity contribution is 0.0849. The molecule has 32 heavy (non-hydrogen) atoms. The molecular weight excluding hydrogens is 432 g/mol. The molecule has 0 radical (unpaired) electrons. The van der Waals surface area contributed by atoms with Crippen LogP contribution in [0.5, 0.6) is 0 Å². The van der Waals surface area contributed by atoms with Crippen molar-refractivity contribution in [2.24, 2.45) is 0 Å². The summed E-state index contributed by atoms with van der Waals surface area (Å²) in [6, 6.07) is 14.0. The van der Waals surface area contributed by atoms with Crippen molar-refractivity contribution in [3.63, 3.8) is 0 Å². The summed E-state index contributed by atoms with van der Waals surface area (Å²) in [4.78, 5) is 39.2. The number of carbonyl (C=O) groups excluding carboxylic acids is 1. The Kier molecular flexibility index (Phi) is 6.53. The standard InChI is InChI=1S/C23H23ClN4O4/c1-15-5-2-8-18(11-15)28-23(31)27(14-16-6-3-7-17(24)12-16)22(30)20(26-28)21(29)25-13-19-9-4-10-32-19/h2-3,5-8,11-12,19H,4,9-10,13-14H2,1H3,(H,25,29)/t19-/m0/s1. The van der Waals surface area contributed by atoms with Crippen LogP contribution < -0.4 is 16.6 Å². The molecule has 1 fully saturated rings. The third kappa shape index (κ3) is 4.81. The zero-order chi connectivity index (χ0) is 22.7. The van der Waals surface area contributed by atoms with Gasteiger partial charge >= 0.3 is 5.69 Å². The largest absolute Gasteiger partial charge is 0.376 e. The van der Waals surface area contributed by atoms with Gasteiger partial charge in [0.15, 0.2) is 0 Å². The smallest absolute Gasteiger partial charge is 0.352 e. The zero-order valence-corrected chi connectivity index (χ0v) is 18.3. The Bertz CT molecular complexity index is 1260. The van der Waals surface area contributed by atoms with Crippen LogP contribution >= 0.6 is 11.6 Å². The Morgan fingerprint density at radius 1 is 1.22 bits per heavy atom. The highest BCUT2D eigenvalue weighted by atomic mass is 35.5. The summed E-state index contributed by atoms with van der Waals surface area (Å²) in [5.41, 5.74) is 0.270. The van der Waals surface area contributed by atoms with Gasteiger partial charge in [0.1, 0.15) is 0 Å². The molecule has 0 unspecified atom stereocenters. The molecule has 4 rings (SSSR count). The second-order valence-electron chi connectivity index (χ2n) is 7.75. The molecule has 0 aliphatic carbocycles. The van der Waals surface area contributed by atoms with E-state index < -0.39 is 17.2 Å². The van der Waals surface area contributed by atoms with Gasteiger partial charge in [0.25, 0.3) is 11.5 Å². The highest BCUT2D eigenvalue weighted by molar-refractivity contribution is 6.30. The first-order valence-corrected chi connectivity index (χ1v) is 10.8. The van der Waals surface area contributed by atoms with E-state index in [1.54, 1.807) is 42.5 Å². The summed E-state index contributed by atoms with van der Waals surface area (Å²) in [6.07, 6.45) is 1.69. The molecule has 0 saturated carbocycles. The fourth-order valence-corrected chi connectivity index (χ4v) is 3.85. The minimum Gasteiger partial charge on any atom is -0.376 e. The number of ether oxygens (including phenoxy) is 1. The molecule has 1 aliphatic heterocycles. The monoisotopic (exact) mass is 454 g/mol. The van der Waals surface area contributed by atoms with Crippen molar-refractivity contribution < 1.29 is 9.53 Å². The minimum atomic E-state index is -0.760. The molecule has 1 N–H and O–H groups in total. The fourth-order valence-electron chi connectivity index (χ4n) is 3.64. The third-order valence-corrected chi connectivity index (χ3v) is 5.50. The number of halogens is 1. The molecule has 166 valence electrons. The molecule has 1 aromatic heterocycles. The van der Waals surface area contributed by atoms with Crippen molar-refractivity contribution in [1.82, 2.24) is 19.7 Å². The Morgan fingerprint density at radius 3 is 2.75 bits per heavy atom. The van der Waals surface area contributed by atoms with Gasteiger partial charge in [0, 0.05) is 18.2 Å². The Hall–Kier alpha value is -3.23. The summed E-state index contributed by atoms with van der Waals surface area (Å²) in [5, 5.41) is 7.34. The summed E-state index contributed by atoms with van der Waals surface area (Å²) < 4.78 is 7.61. The molecule has 0 bridgehead atoms. The lowest BCUT2D eigenvalue weighted by atomic mass is 10.2. The van der Waals surface area contributed by atoms with Gasteiger partial charge in [-0.25, -0.2) is 4.79 Å². The van der Waals surface area contributed by atoms with Gasteiger partial charge in [0.05, 0.1) is 18.3 Å². The predicted octanol–water partition coefficient (Wildman–Crippen LogP) is 2.31. The SMILES string of the molecule is Cc1cccc(-n2nc(C(=O)NC[C@@H]3CCCO3)c(=O)n(Cc3cccc(Cl)c3)c2=O)c1. The number of aromatic nitrogens is 3. The van der Waals surface area contributed by atoms with Gasteiger partial charge in [0.2, 0.25) is 5.69 Å². The molecule has 2 aromatic carbocycles. The number of nitrogens with one attached hydrogen (secondary N) is 1. The lowest BCUT2D eigenvalue weighted by Gasteiger charge is -2.14. The van der Waals surface area contributed by atoms with Gasteiger partial charge in [-0.1, -0.05) is 35.9 Å². The molecule has 3 aromatic rings. The maximum atomic E-state index is 13.2. The highest BCUT2D eigenvalue weighted by Gasteiger charge is 2.22. The van der Waals surface area contributed by atoms with Crippen LogP contribution in [0, 0.1) is 6.92 Å². The van der Waals surface area contributed by atoms with Crippen molar-refractivity contribution in [3.05, 3.63) is 91.2 Å². The van der Waals surface area contributed by atoms with E-state index in [1.807, 2.05) is 13.0 Å². The Morgan fingerprint density at radius 2 is 2.03 bits per heavy atom. The molecule has 8 nitrogen and oxygen atoms in total. The van der Waals surface area contributed by atoms with Crippen molar-refractivity contribution >= 4 is 17.5 Å². The minimum absolute atomic E-state index is 0.0431. The summed E-state index contributed by atoms with van der Waals surface area (Å²) >= 11 is 6.06. The summed E-state index contributed by atoms with van der Waals surface area (Å²) in [7, 11) is 0. The van der Waals surface area contributed by atoms with Crippen molar-refractivity contribution in [3.8, 4) is 5.69 Å². The van der Waals surface area contributed by atoms with Crippen LogP contribution in [-0.2, 0) is 11.3 Å². The van der Waals surface area contributed by atoms with Crippen LogP contribution in [0.2, 0.25) is 5.02 Å². The van der Waals surface area contributed by atoms with Crippen LogP contribution in [0.4, 0.5) is 0 Å². The Balaban J connectivity index is 1.77. The molecule has 2 heterocycles. The number of carbonyl (C=O) groups is 1. The van der Waals surface area contributed by atoms with Gasteiger partial charge < -0.3 is 10.1 Å². The fraction of sp³-hybridized carbons (Fsp3) is 0.304. The number of amides is 1. The first-order chi connectivity index (χ1) is 15.4. The van der Waals surface area contributed by atoms with E-state index in [4.69, 9.17) is 16.3 Å². The number of hydrogen-bond donors (Lipinski definition) is 1. The van der Waals surface area contributed by atoms with Crippen molar-refractivity contribution in [1.29, 1.82) is 0 Å². The highest BCUT2D eigenvalue weighted by Crippen LogP contribution is 2.12. The van der Waals surface area contributed by atoms with E-state index >= 15 is 0 Å². The van der Waals surface area contributed by atoms with E-state index in [0.717, 1.165) is 27.7 Å². The van der Waals surface area contributed by atoms with Crippen LogP contribution in [0.15, 0.2) is 58.1 Å². The van der Waals surface area contributed by atoms with Crippen LogP contribution in [0.3, 0.4) is 0 Å². The first kappa shape index (κ1) is 22.0.